The summed E-state index contributed by atoms with van der Waals surface area (Å²) in [5, 5.41) is 3.53. The monoisotopic (exact) mass is 450 g/mol. The average molecular weight is 451 g/mol. The molecule has 0 saturated carbocycles. The molecule has 0 aliphatic rings. The number of carbonyl (C=O) groups excluding carboxylic acids is 2. The Bertz CT molecular complexity index is 1130. The average Bonchev–Trinajstić information content (AvgIpc) is 2.79. The van der Waals surface area contributed by atoms with Gasteiger partial charge in [-0.05, 0) is 49.7 Å². The Hall–Kier alpha value is -3.39. The first-order chi connectivity index (χ1) is 15.3. The number of nitrogens with one attached hydrogen (secondary N) is 1. The fourth-order valence-corrected chi connectivity index (χ4v) is 3.87. The molecule has 32 heavy (non-hydrogen) atoms. The predicted molar refractivity (Wildman–Crippen MR) is 128 cm³/mol. The number of aryl methyl sites for hydroxylation is 1. The van der Waals surface area contributed by atoms with Crippen LogP contribution in [0.15, 0.2) is 53.7 Å². The molecule has 3 aromatic rings. The number of ether oxygens (including phenoxy) is 1. The number of benzene rings is 2. The van der Waals surface area contributed by atoms with Crippen molar-refractivity contribution >= 4 is 35.1 Å². The van der Waals surface area contributed by atoms with Crippen LogP contribution >= 0.6 is 11.8 Å². The zero-order valence-electron chi connectivity index (χ0n) is 18.8. The molecule has 0 aliphatic carbocycles. The van der Waals surface area contributed by atoms with Crippen molar-refractivity contribution < 1.29 is 14.3 Å². The van der Waals surface area contributed by atoms with Crippen molar-refractivity contribution in [3.8, 4) is 0 Å². The van der Waals surface area contributed by atoms with Crippen LogP contribution in [0.25, 0.3) is 0 Å². The van der Waals surface area contributed by atoms with Crippen LogP contribution in [0.2, 0.25) is 0 Å². The molecule has 0 aliphatic heterocycles. The molecule has 0 atom stereocenters. The van der Waals surface area contributed by atoms with Crippen molar-refractivity contribution in [1.29, 1.82) is 0 Å². The number of anilines is 2. The highest BCUT2D eigenvalue weighted by Crippen LogP contribution is 2.25. The maximum absolute atomic E-state index is 12.6. The quantitative estimate of drug-likeness (QED) is 0.322. The van der Waals surface area contributed by atoms with Gasteiger partial charge in [-0.1, -0.05) is 30.0 Å². The van der Waals surface area contributed by atoms with E-state index in [9.17, 15) is 9.59 Å². The number of methoxy groups -OCH3 is 1. The van der Waals surface area contributed by atoms with Gasteiger partial charge >= 0.3 is 5.97 Å². The lowest BCUT2D eigenvalue weighted by Gasteiger charge is -2.16. The third-order valence-electron chi connectivity index (χ3n) is 4.89. The smallest absolute Gasteiger partial charge is 0.337 e. The third kappa shape index (κ3) is 5.64. The van der Waals surface area contributed by atoms with E-state index in [-0.39, 0.29) is 5.91 Å². The number of nitrogens with zero attached hydrogens (tertiary/aromatic N) is 3. The Balaban J connectivity index is 1.64. The molecule has 0 spiro atoms. The summed E-state index contributed by atoms with van der Waals surface area (Å²) in [6, 6.07) is 14.0. The zero-order valence-corrected chi connectivity index (χ0v) is 19.6. The highest BCUT2D eigenvalue weighted by Gasteiger charge is 2.12. The summed E-state index contributed by atoms with van der Waals surface area (Å²) in [7, 11) is 5.26. The van der Waals surface area contributed by atoms with Gasteiger partial charge in [-0.2, -0.15) is 0 Å². The van der Waals surface area contributed by atoms with E-state index < -0.39 is 5.97 Å². The normalized spacial score (nSPS) is 10.5. The van der Waals surface area contributed by atoms with Crippen LogP contribution in [0.3, 0.4) is 0 Å². The van der Waals surface area contributed by atoms with E-state index in [1.54, 1.807) is 48.2 Å². The van der Waals surface area contributed by atoms with E-state index in [0.717, 1.165) is 27.8 Å². The second-order valence-corrected chi connectivity index (χ2v) is 8.39. The summed E-state index contributed by atoms with van der Waals surface area (Å²) in [4.78, 5) is 35.4. The Morgan fingerprint density at radius 2 is 1.75 bits per heavy atom. The molecule has 1 N–H and O–H groups in total. The van der Waals surface area contributed by atoms with Gasteiger partial charge in [0.1, 0.15) is 5.82 Å². The fraction of sp³-hybridized carbons (Fsp3) is 0.250. The maximum atomic E-state index is 12.6. The van der Waals surface area contributed by atoms with Gasteiger partial charge in [0.15, 0.2) is 5.16 Å². The van der Waals surface area contributed by atoms with Crippen LogP contribution < -0.4 is 10.2 Å². The number of rotatable bonds is 7. The standard InChI is InChI=1S/C24H26N4O3S/c1-15-16(2)25-24(27-21(15)28(3)4)32-14-17-9-11-18(12-10-17)22(29)26-20-8-6-7-19(13-20)23(30)31-5/h6-13H,14H2,1-5H3,(H,26,29). The van der Waals surface area contributed by atoms with E-state index in [1.807, 2.05) is 45.0 Å². The molecule has 8 heteroatoms. The largest absolute Gasteiger partial charge is 0.465 e. The van der Waals surface area contributed by atoms with Crippen LogP contribution in [-0.2, 0) is 10.5 Å². The van der Waals surface area contributed by atoms with Gasteiger partial charge in [0.05, 0.1) is 12.7 Å². The molecule has 1 amide bonds. The first kappa shape index (κ1) is 23.3. The topological polar surface area (TPSA) is 84.4 Å². The minimum absolute atomic E-state index is 0.251. The Morgan fingerprint density at radius 1 is 1.03 bits per heavy atom. The van der Waals surface area contributed by atoms with Gasteiger partial charge in [-0.15, -0.1) is 0 Å². The number of thioether (sulfide) groups is 1. The lowest BCUT2D eigenvalue weighted by molar-refractivity contribution is 0.0600. The van der Waals surface area contributed by atoms with Crippen LogP contribution in [0.1, 0.15) is 37.5 Å². The molecule has 166 valence electrons. The number of hydrogen-bond donors (Lipinski definition) is 1. The SMILES string of the molecule is COC(=O)c1cccc(NC(=O)c2ccc(CSc3nc(C)c(C)c(N(C)C)n3)cc2)c1. The van der Waals surface area contributed by atoms with Crippen LogP contribution in [0.4, 0.5) is 11.5 Å². The van der Waals surface area contributed by atoms with Gasteiger partial charge < -0.3 is 15.0 Å². The zero-order chi connectivity index (χ0) is 23.3. The molecule has 2 aromatic carbocycles. The molecule has 0 unspecified atom stereocenters. The first-order valence-electron chi connectivity index (χ1n) is 10.0. The van der Waals surface area contributed by atoms with Gasteiger partial charge in [0.25, 0.3) is 5.91 Å². The van der Waals surface area contributed by atoms with Gasteiger partial charge in [-0.25, -0.2) is 14.8 Å². The molecular weight excluding hydrogens is 424 g/mol. The van der Waals surface area contributed by atoms with Crippen molar-refractivity contribution in [1.82, 2.24) is 9.97 Å². The van der Waals surface area contributed by atoms with Crippen molar-refractivity contribution in [2.45, 2.75) is 24.8 Å². The van der Waals surface area contributed by atoms with E-state index in [0.29, 0.717) is 22.6 Å². The Morgan fingerprint density at radius 3 is 2.41 bits per heavy atom. The molecule has 1 heterocycles. The Labute approximate surface area is 192 Å². The van der Waals surface area contributed by atoms with Crippen molar-refractivity contribution in [3.05, 3.63) is 76.5 Å². The summed E-state index contributed by atoms with van der Waals surface area (Å²) in [5.74, 6) is 0.911. The number of hydrogen-bond acceptors (Lipinski definition) is 7. The lowest BCUT2D eigenvalue weighted by Crippen LogP contribution is -2.14. The summed E-state index contributed by atoms with van der Waals surface area (Å²) in [6.07, 6.45) is 0. The maximum Gasteiger partial charge on any atom is 0.337 e. The molecule has 0 fully saturated rings. The minimum atomic E-state index is -0.451. The van der Waals surface area contributed by atoms with E-state index >= 15 is 0 Å². The highest BCUT2D eigenvalue weighted by atomic mass is 32.2. The molecule has 0 bridgehead atoms. The molecule has 7 nitrogen and oxygen atoms in total. The van der Waals surface area contributed by atoms with Crippen molar-refractivity contribution in [2.75, 3.05) is 31.4 Å². The summed E-state index contributed by atoms with van der Waals surface area (Å²) in [6.45, 7) is 4.01. The number of amides is 1. The van der Waals surface area contributed by atoms with Crippen LogP contribution in [0, 0.1) is 13.8 Å². The van der Waals surface area contributed by atoms with E-state index in [1.165, 1.54) is 7.11 Å². The van der Waals surface area contributed by atoms with Gasteiger partial charge in [0, 0.05) is 42.4 Å². The van der Waals surface area contributed by atoms with Crippen molar-refractivity contribution in [3.63, 3.8) is 0 Å². The number of aromatic nitrogens is 2. The summed E-state index contributed by atoms with van der Waals surface area (Å²) in [5.41, 5.74) is 4.54. The van der Waals surface area contributed by atoms with E-state index in [4.69, 9.17) is 4.74 Å². The molecular formula is C24H26N4O3S. The van der Waals surface area contributed by atoms with Gasteiger partial charge in [0.2, 0.25) is 0 Å². The summed E-state index contributed by atoms with van der Waals surface area (Å²) < 4.78 is 4.71. The molecule has 3 rings (SSSR count). The second-order valence-electron chi connectivity index (χ2n) is 7.45. The molecule has 0 radical (unpaired) electrons. The summed E-state index contributed by atoms with van der Waals surface area (Å²) >= 11 is 1.56. The number of esters is 1. The molecule has 0 saturated heterocycles. The van der Waals surface area contributed by atoms with Crippen LogP contribution in [-0.4, -0.2) is 43.0 Å². The molecule has 1 aromatic heterocycles. The van der Waals surface area contributed by atoms with Gasteiger partial charge in [-0.3, -0.25) is 4.79 Å². The minimum Gasteiger partial charge on any atom is -0.465 e. The second kappa shape index (κ2) is 10.3. The predicted octanol–water partition coefficient (Wildman–Crippen LogP) is 4.49. The fourth-order valence-electron chi connectivity index (χ4n) is 3.03. The van der Waals surface area contributed by atoms with Crippen LogP contribution in [0.5, 0.6) is 0 Å². The van der Waals surface area contributed by atoms with E-state index in [2.05, 4.69) is 15.3 Å². The third-order valence-corrected chi connectivity index (χ3v) is 5.81. The Kier molecular flexibility index (Phi) is 7.48. The highest BCUT2D eigenvalue weighted by molar-refractivity contribution is 7.98. The first-order valence-corrected chi connectivity index (χ1v) is 11.0. The number of carbonyl (C=O) groups is 2. The van der Waals surface area contributed by atoms with Crippen molar-refractivity contribution in [2.24, 2.45) is 0 Å². The lowest BCUT2D eigenvalue weighted by atomic mass is 10.1.